The van der Waals surface area contributed by atoms with E-state index in [0.29, 0.717) is 17.2 Å². The smallest absolute Gasteiger partial charge is 0.386 e. The number of benzene rings is 5. The molecule has 0 amide bonds. The molecule has 4 nitrogen and oxygen atoms in total. The van der Waals surface area contributed by atoms with Crippen molar-refractivity contribution in [1.29, 1.82) is 0 Å². The van der Waals surface area contributed by atoms with Crippen molar-refractivity contribution in [1.82, 2.24) is 0 Å². The van der Waals surface area contributed by atoms with E-state index in [-0.39, 0.29) is 0 Å². The summed E-state index contributed by atoms with van der Waals surface area (Å²) in [5, 5.41) is 3.60. The third-order valence-corrected chi connectivity index (χ3v) is 6.87. The van der Waals surface area contributed by atoms with Crippen molar-refractivity contribution in [2.75, 3.05) is 0 Å². The zero-order valence-corrected chi connectivity index (χ0v) is 19.8. The van der Waals surface area contributed by atoms with Crippen LogP contribution >= 0.6 is 7.82 Å². The molecule has 0 heterocycles. The molecular weight excluding hydrogens is 443 g/mol. The number of rotatable bonds is 8. The molecule has 0 N–H and O–H groups in total. The molecule has 0 atom stereocenters. The van der Waals surface area contributed by atoms with Crippen LogP contribution in [0.15, 0.2) is 109 Å². The van der Waals surface area contributed by atoms with Gasteiger partial charge in [-0.2, -0.15) is 4.57 Å². The Morgan fingerprint density at radius 2 is 1.09 bits per heavy atom. The van der Waals surface area contributed by atoms with Crippen molar-refractivity contribution in [2.24, 2.45) is 0 Å². The maximum Gasteiger partial charge on any atom is 0.647 e. The van der Waals surface area contributed by atoms with E-state index in [1.807, 2.05) is 84.9 Å². The van der Waals surface area contributed by atoms with Crippen molar-refractivity contribution >= 4 is 29.4 Å². The lowest BCUT2D eigenvalue weighted by atomic mass is 10.1. The SMILES string of the molecule is CCCc1ccc(OP(=O)(Oc2cccc3ccccc23)Oc2cccc3ccccc23)cc1. The summed E-state index contributed by atoms with van der Waals surface area (Å²) in [6.45, 7) is 2.13. The molecule has 5 rings (SSSR count). The van der Waals surface area contributed by atoms with Crippen LogP contribution < -0.4 is 13.6 Å². The summed E-state index contributed by atoms with van der Waals surface area (Å²) >= 11 is 0. The van der Waals surface area contributed by atoms with Crippen molar-refractivity contribution in [3.63, 3.8) is 0 Å². The molecule has 0 saturated carbocycles. The largest absolute Gasteiger partial charge is 0.647 e. The second-order valence-corrected chi connectivity index (χ2v) is 9.51. The summed E-state index contributed by atoms with van der Waals surface area (Å²) < 4.78 is 32.2. The van der Waals surface area contributed by atoms with Crippen LogP contribution in [0, 0.1) is 0 Å². The van der Waals surface area contributed by atoms with Gasteiger partial charge in [0.25, 0.3) is 0 Å². The Morgan fingerprint density at radius 1 is 0.588 bits per heavy atom. The zero-order chi connectivity index (χ0) is 23.4. The molecule has 0 fully saturated rings. The first-order valence-electron chi connectivity index (χ1n) is 11.4. The van der Waals surface area contributed by atoms with Gasteiger partial charge in [0, 0.05) is 10.8 Å². The molecule has 0 radical (unpaired) electrons. The van der Waals surface area contributed by atoms with Crippen LogP contribution in [0.1, 0.15) is 18.9 Å². The van der Waals surface area contributed by atoms with E-state index in [2.05, 4.69) is 6.92 Å². The lowest BCUT2D eigenvalue weighted by Gasteiger charge is -2.21. The molecule has 170 valence electrons. The van der Waals surface area contributed by atoms with Gasteiger partial charge in [0.05, 0.1) is 0 Å². The topological polar surface area (TPSA) is 44.8 Å². The highest BCUT2D eigenvalue weighted by atomic mass is 31.2. The van der Waals surface area contributed by atoms with Crippen LogP contribution in [-0.4, -0.2) is 0 Å². The van der Waals surface area contributed by atoms with Gasteiger partial charge in [-0.1, -0.05) is 98.3 Å². The Labute approximate surface area is 199 Å². The molecular formula is C29H25O4P. The maximum absolute atomic E-state index is 14.2. The summed E-state index contributed by atoms with van der Waals surface area (Å²) in [5.41, 5.74) is 1.19. The highest BCUT2D eigenvalue weighted by Gasteiger charge is 2.34. The minimum atomic E-state index is -4.12. The third kappa shape index (κ3) is 4.78. The monoisotopic (exact) mass is 468 g/mol. The molecule has 0 aliphatic rings. The van der Waals surface area contributed by atoms with Gasteiger partial charge in [0.15, 0.2) is 0 Å². The number of phosphoric acid groups is 1. The lowest BCUT2D eigenvalue weighted by molar-refractivity contribution is 0.300. The van der Waals surface area contributed by atoms with E-state index in [4.69, 9.17) is 13.6 Å². The van der Waals surface area contributed by atoms with Crippen LogP contribution in [0.5, 0.6) is 17.2 Å². The van der Waals surface area contributed by atoms with Gasteiger partial charge in [0.2, 0.25) is 0 Å². The van der Waals surface area contributed by atoms with Crippen LogP contribution in [0.4, 0.5) is 0 Å². The van der Waals surface area contributed by atoms with Crippen LogP contribution in [0.25, 0.3) is 21.5 Å². The average molecular weight is 468 g/mol. The molecule has 0 unspecified atom stereocenters. The molecule has 0 saturated heterocycles. The Morgan fingerprint density at radius 3 is 1.62 bits per heavy atom. The summed E-state index contributed by atoms with van der Waals surface area (Å²) in [6, 6.07) is 34.3. The van der Waals surface area contributed by atoms with Gasteiger partial charge in [-0.3, -0.25) is 0 Å². The second-order valence-electron chi connectivity index (χ2n) is 8.07. The van der Waals surface area contributed by atoms with E-state index < -0.39 is 7.82 Å². The van der Waals surface area contributed by atoms with Gasteiger partial charge < -0.3 is 13.6 Å². The third-order valence-electron chi connectivity index (χ3n) is 5.60. The first-order chi connectivity index (χ1) is 16.6. The van der Waals surface area contributed by atoms with Crippen molar-refractivity contribution in [3.05, 3.63) is 115 Å². The minimum Gasteiger partial charge on any atom is -0.386 e. The van der Waals surface area contributed by atoms with Gasteiger partial charge in [-0.05, 0) is 47.0 Å². The van der Waals surface area contributed by atoms with Gasteiger partial charge >= 0.3 is 7.82 Å². The fourth-order valence-electron chi connectivity index (χ4n) is 3.98. The number of aryl methyl sites for hydroxylation is 1. The highest BCUT2D eigenvalue weighted by Crippen LogP contribution is 2.52. The molecule has 34 heavy (non-hydrogen) atoms. The van der Waals surface area contributed by atoms with E-state index >= 15 is 0 Å². The van der Waals surface area contributed by atoms with Gasteiger partial charge in [-0.15, -0.1) is 0 Å². The van der Waals surface area contributed by atoms with Gasteiger partial charge in [0.1, 0.15) is 17.2 Å². The predicted molar refractivity (Wildman–Crippen MR) is 138 cm³/mol. The summed E-state index contributed by atoms with van der Waals surface area (Å²) in [7, 11) is -4.12. The average Bonchev–Trinajstić information content (AvgIpc) is 2.86. The number of fused-ring (bicyclic) bond motifs is 2. The summed E-state index contributed by atoms with van der Waals surface area (Å²) in [6.07, 6.45) is 2.02. The number of hydrogen-bond donors (Lipinski definition) is 0. The number of hydrogen-bond acceptors (Lipinski definition) is 4. The Balaban J connectivity index is 1.54. The Kier molecular flexibility index (Phi) is 6.24. The van der Waals surface area contributed by atoms with Crippen LogP contribution in [-0.2, 0) is 11.0 Å². The van der Waals surface area contributed by atoms with Crippen molar-refractivity contribution in [3.8, 4) is 17.2 Å². The fourth-order valence-corrected chi connectivity index (χ4v) is 5.27. The molecule has 5 heteroatoms. The molecule has 0 spiro atoms. The van der Waals surface area contributed by atoms with Crippen LogP contribution in [0.2, 0.25) is 0 Å². The molecule has 0 bridgehead atoms. The van der Waals surface area contributed by atoms with E-state index in [0.717, 1.165) is 34.4 Å². The minimum absolute atomic E-state index is 0.420. The second kappa shape index (κ2) is 9.62. The van der Waals surface area contributed by atoms with E-state index in [9.17, 15) is 4.57 Å². The summed E-state index contributed by atoms with van der Waals surface area (Å²) in [5.74, 6) is 1.29. The van der Waals surface area contributed by atoms with Crippen LogP contribution in [0.3, 0.4) is 0 Å². The first kappa shape index (κ1) is 22.1. The maximum atomic E-state index is 14.2. The molecule has 0 aliphatic carbocycles. The van der Waals surface area contributed by atoms with Crippen molar-refractivity contribution < 1.29 is 18.1 Å². The zero-order valence-electron chi connectivity index (χ0n) is 18.9. The lowest BCUT2D eigenvalue weighted by Crippen LogP contribution is -2.08. The number of phosphoric ester groups is 1. The van der Waals surface area contributed by atoms with E-state index in [1.165, 1.54) is 5.56 Å². The fraction of sp³-hybridized carbons (Fsp3) is 0.103. The van der Waals surface area contributed by atoms with Gasteiger partial charge in [-0.25, -0.2) is 0 Å². The standard InChI is InChI=1S/C29H25O4P/c1-2-9-22-18-20-25(21-19-22)31-34(30,32-28-16-7-12-23-10-3-5-14-26(23)28)33-29-17-8-13-24-11-4-6-15-27(24)29/h3-8,10-21H,2,9H2,1H3. The van der Waals surface area contributed by atoms with Crippen molar-refractivity contribution in [2.45, 2.75) is 19.8 Å². The predicted octanol–water partition coefficient (Wildman–Crippen LogP) is 8.59. The quantitative estimate of drug-likeness (QED) is 0.214. The molecule has 5 aromatic rings. The van der Waals surface area contributed by atoms with E-state index in [1.54, 1.807) is 24.3 Å². The highest BCUT2D eigenvalue weighted by molar-refractivity contribution is 7.49. The summed E-state index contributed by atoms with van der Waals surface area (Å²) in [4.78, 5) is 0. The molecule has 0 aromatic heterocycles. The molecule has 5 aromatic carbocycles. The molecule has 0 aliphatic heterocycles. The Bertz CT molecular complexity index is 1380. The first-order valence-corrected chi connectivity index (χ1v) is 12.8. The Hall–Kier alpha value is -3.75. The normalized spacial score (nSPS) is 11.4.